The lowest BCUT2D eigenvalue weighted by molar-refractivity contribution is -0.140. The summed E-state index contributed by atoms with van der Waals surface area (Å²) in [4.78, 5) is 57.2. The van der Waals surface area contributed by atoms with E-state index in [4.69, 9.17) is 5.11 Å². The molecule has 10 heteroatoms. The van der Waals surface area contributed by atoms with Crippen molar-refractivity contribution in [2.24, 2.45) is 11.8 Å². The number of carbonyl (C=O) groups is 4. The van der Waals surface area contributed by atoms with Gasteiger partial charge in [0.2, 0.25) is 11.8 Å². The number of halogens is 1. The van der Waals surface area contributed by atoms with E-state index in [1.165, 1.54) is 4.57 Å². The van der Waals surface area contributed by atoms with Gasteiger partial charge < -0.3 is 10.4 Å². The first-order chi connectivity index (χ1) is 15.2. The number of rotatable bonds is 9. The lowest BCUT2D eigenvalue weighted by Crippen LogP contribution is -2.47. The average molecular weight is 442 g/mol. The van der Waals surface area contributed by atoms with E-state index in [2.05, 4.69) is 15.3 Å². The van der Waals surface area contributed by atoms with Gasteiger partial charge in [0.1, 0.15) is 12.7 Å². The molecular formula is C22H23FN4O5. The molecule has 1 unspecified atom stereocenters. The van der Waals surface area contributed by atoms with Gasteiger partial charge >= 0.3 is 5.97 Å². The summed E-state index contributed by atoms with van der Waals surface area (Å²) < 4.78 is 14.3. The van der Waals surface area contributed by atoms with Crippen LogP contribution in [0.25, 0.3) is 21.8 Å². The highest BCUT2D eigenvalue weighted by Crippen LogP contribution is 2.29. The molecule has 0 saturated heterocycles. The maximum absolute atomic E-state index is 13.3. The quantitative estimate of drug-likeness (QED) is 0.520. The van der Waals surface area contributed by atoms with Crippen LogP contribution in [-0.4, -0.2) is 55.9 Å². The van der Waals surface area contributed by atoms with Gasteiger partial charge in [0, 0.05) is 47.9 Å². The molecule has 9 nitrogen and oxygen atoms in total. The molecule has 0 aliphatic rings. The van der Waals surface area contributed by atoms with Gasteiger partial charge in [0.25, 0.3) is 0 Å². The number of aromatic nitrogens is 3. The van der Waals surface area contributed by atoms with Crippen molar-refractivity contribution in [3.63, 3.8) is 0 Å². The summed E-state index contributed by atoms with van der Waals surface area (Å²) in [6.45, 7) is 2.08. The summed E-state index contributed by atoms with van der Waals surface area (Å²) in [5, 5.41) is 12.8. The van der Waals surface area contributed by atoms with Crippen LogP contribution in [0, 0.1) is 11.8 Å². The van der Waals surface area contributed by atoms with Gasteiger partial charge in [-0.25, -0.2) is 4.39 Å². The Labute approximate surface area is 182 Å². The van der Waals surface area contributed by atoms with E-state index in [0.717, 1.165) is 10.8 Å². The highest BCUT2D eigenvalue weighted by Gasteiger charge is 2.31. The normalized spacial score (nSPS) is 13.2. The van der Waals surface area contributed by atoms with E-state index >= 15 is 0 Å². The van der Waals surface area contributed by atoms with Crippen LogP contribution in [0.4, 0.5) is 4.39 Å². The van der Waals surface area contributed by atoms with Gasteiger partial charge in [-0.05, 0) is 18.1 Å². The smallest absolute Gasteiger partial charge is 0.305 e. The zero-order valence-corrected chi connectivity index (χ0v) is 17.6. The molecule has 32 heavy (non-hydrogen) atoms. The largest absolute Gasteiger partial charge is 0.481 e. The minimum absolute atomic E-state index is 0.198. The SMILES string of the molecule is CC(C)[C@H](CC(=O)n1c2ccncc2c2cnccc21)C(=O)NC(CC(=O)O)C(=O)CF. The molecule has 0 radical (unpaired) electrons. The predicted octanol–water partition coefficient (Wildman–Crippen LogP) is 2.39. The summed E-state index contributed by atoms with van der Waals surface area (Å²) >= 11 is 0. The number of amides is 1. The van der Waals surface area contributed by atoms with Crippen molar-refractivity contribution in [1.82, 2.24) is 19.9 Å². The van der Waals surface area contributed by atoms with Crippen molar-refractivity contribution in [1.29, 1.82) is 0 Å². The van der Waals surface area contributed by atoms with Crippen LogP contribution in [-0.2, 0) is 14.4 Å². The summed E-state index contributed by atoms with van der Waals surface area (Å²) in [7, 11) is 0. The first kappa shape index (κ1) is 23.0. The Morgan fingerprint density at radius 1 is 1.03 bits per heavy atom. The highest BCUT2D eigenvalue weighted by atomic mass is 19.1. The standard InChI is InChI=1S/C22H23FN4O5/c1-12(2)13(22(32)26-16(8-21(30)31)19(28)9-23)7-20(29)27-17-3-5-24-10-14(17)15-11-25-6-4-18(15)27/h3-6,10-13,16H,7-9H2,1-2H3,(H,26,32)(H,30,31)/t13-,16?/m0/s1. The number of Topliss-reactive ketones (excluding diaryl/α,β-unsaturated/α-hetero) is 1. The molecule has 2 N–H and O–H groups in total. The van der Waals surface area contributed by atoms with Crippen LogP contribution in [0.1, 0.15) is 31.5 Å². The predicted molar refractivity (Wildman–Crippen MR) is 114 cm³/mol. The van der Waals surface area contributed by atoms with Crippen molar-refractivity contribution in [2.75, 3.05) is 6.67 Å². The van der Waals surface area contributed by atoms with Gasteiger partial charge in [-0.15, -0.1) is 0 Å². The molecule has 0 aliphatic heterocycles. The molecule has 0 spiro atoms. The van der Waals surface area contributed by atoms with Gasteiger partial charge in [0.15, 0.2) is 5.78 Å². The number of pyridine rings is 2. The molecule has 0 saturated carbocycles. The summed E-state index contributed by atoms with van der Waals surface area (Å²) in [6, 6.07) is 1.90. The highest BCUT2D eigenvalue weighted by molar-refractivity contribution is 6.13. The monoisotopic (exact) mass is 442 g/mol. The fourth-order valence-electron chi connectivity index (χ4n) is 3.68. The Balaban J connectivity index is 1.91. The molecule has 0 fully saturated rings. The molecule has 1 amide bonds. The fourth-order valence-corrected chi connectivity index (χ4v) is 3.68. The number of carboxylic acid groups (broad SMARTS) is 1. The summed E-state index contributed by atoms with van der Waals surface area (Å²) in [6.07, 6.45) is 5.45. The molecule has 0 aromatic carbocycles. The van der Waals surface area contributed by atoms with Gasteiger partial charge in [-0.3, -0.25) is 33.7 Å². The first-order valence-electron chi connectivity index (χ1n) is 10.1. The second kappa shape index (κ2) is 9.63. The van der Waals surface area contributed by atoms with Crippen LogP contribution < -0.4 is 5.32 Å². The fraction of sp³-hybridized carbons (Fsp3) is 0.364. The minimum atomic E-state index is -1.49. The van der Waals surface area contributed by atoms with Crippen LogP contribution in [0.3, 0.4) is 0 Å². The molecule has 168 valence electrons. The van der Waals surface area contributed by atoms with Crippen LogP contribution in [0.5, 0.6) is 0 Å². The van der Waals surface area contributed by atoms with E-state index in [1.807, 2.05) is 0 Å². The molecule has 3 heterocycles. The van der Waals surface area contributed by atoms with Gasteiger partial charge in [-0.2, -0.15) is 0 Å². The Morgan fingerprint density at radius 3 is 2.06 bits per heavy atom. The van der Waals surface area contributed by atoms with Crippen LogP contribution in [0.15, 0.2) is 36.9 Å². The number of ketones is 1. The average Bonchev–Trinajstić information content (AvgIpc) is 3.10. The van der Waals surface area contributed by atoms with Crippen molar-refractivity contribution in [2.45, 2.75) is 32.7 Å². The summed E-state index contributed by atoms with van der Waals surface area (Å²) in [5.74, 6) is -4.57. The lowest BCUT2D eigenvalue weighted by atomic mass is 9.90. The number of aliphatic carboxylic acids is 1. The molecule has 3 aromatic rings. The number of carbonyl (C=O) groups excluding carboxylic acids is 3. The summed E-state index contributed by atoms with van der Waals surface area (Å²) in [5.41, 5.74) is 1.24. The Hall–Kier alpha value is -3.69. The van der Waals surface area contributed by atoms with E-state index in [-0.39, 0.29) is 18.2 Å². The third kappa shape index (κ3) is 4.63. The lowest BCUT2D eigenvalue weighted by Gasteiger charge is -2.23. The maximum atomic E-state index is 13.3. The topological polar surface area (TPSA) is 131 Å². The third-order valence-corrected chi connectivity index (χ3v) is 5.37. The zero-order chi connectivity index (χ0) is 23.4. The van der Waals surface area contributed by atoms with Gasteiger partial charge in [-0.1, -0.05) is 13.8 Å². The van der Waals surface area contributed by atoms with E-state index in [1.54, 1.807) is 50.8 Å². The first-order valence-corrected chi connectivity index (χ1v) is 10.1. The Morgan fingerprint density at radius 2 is 1.59 bits per heavy atom. The maximum Gasteiger partial charge on any atom is 0.305 e. The molecule has 3 rings (SSSR count). The molecule has 0 bridgehead atoms. The Bertz CT molecular complexity index is 1140. The Kier molecular flexibility index (Phi) is 6.92. The molecule has 0 aliphatic carbocycles. The second-order valence-corrected chi connectivity index (χ2v) is 7.83. The molecule has 3 aromatic heterocycles. The number of nitrogens with zero attached hydrogens (tertiary/aromatic N) is 3. The van der Waals surface area contributed by atoms with Crippen molar-refractivity contribution >= 4 is 45.4 Å². The van der Waals surface area contributed by atoms with Crippen molar-refractivity contribution in [3.8, 4) is 0 Å². The van der Waals surface area contributed by atoms with Crippen molar-refractivity contribution < 1.29 is 28.7 Å². The van der Waals surface area contributed by atoms with Crippen molar-refractivity contribution in [3.05, 3.63) is 36.9 Å². The number of hydrogen-bond donors (Lipinski definition) is 2. The van der Waals surface area contributed by atoms with E-state index in [0.29, 0.717) is 11.0 Å². The molecule has 2 atom stereocenters. The number of nitrogens with one attached hydrogen (secondary N) is 1. The van der Waals surface area contributed by atoms with Crippen LogP contribution >= 0.6 is 0 Å². The van der Waals surface area contributed by atoms with E-state index in [9.17, 15) is 23.6 Å². The third-order valence-electron chi connectivity index (χ3n) is 5.37. The van der Waals surface area contributed by atoms with E-state index < -0.39 is 42.7 Å². The van der Waals surface area contributed by atoms with Crippen LogP contribution in [0.2, 0.25) is 0 Å². The molecular weight excluding hydrogens is 419 g/mol. The number of alkyl halides is 1. The number of fused-ring (bicyclic) bond motifs is 3. The number of hydrogen-bond acceptors (Lipinski definition) is 6. The van der Waals surface area contributed by atoms with Gasteiger partial charge in [0.05, 0.1) is 17.5 Å². The number of carboxylic acids is 1. The second-order valence-electron chi connectivity index (χ2n) is 7.83. The minimum Gasteiger partial charge on any atom is -0.481 e. The zero-order valence-electron chi connectivity index (χ0n) is 17.6.